The third-order valence-corrected chi connectivity index (χ3v) is 7.94. The van der Waals surface area contributed by atoms with Crippen molar-refractivity contribution in [1.29, 1.82) is 0 Å². The molecule has 1 aliphatic rings. The zero-order chi connectivity index (χ0) is 21.8. The molecule has 1 amide bonds. The summed E-state index contributed by atoms with van der Waals surface area (Å²) in [5, 5.41) is 3.32. The maximum atomic E-state index is 13.3. The van der Waals surface area contributed by atoms with Gasteiger partial charge in [-0.1, -0.05) is 12.1 Å². The van der Waals surface area contributed by atoms with Gasteiger partial charge in [-0.2, -0.15) is 4.31 Å². The van der Waals surface area contributed by atoms with Gasteiger partial charge in [0.25, 0.3) is 0 Å². The number of carbonyl (C=O) groups is 1. The second kappa shape index (κ2) is 9.21. The number of pyridine rings is 1. The number of thiazole rings is 1. The molecule has 0 radical (unpaired) electrons. The Morgan fingerprint density at radius 3 is 2.71 bits per heavy atom. The standard InChI is InChI=1S/C21H21FN4O3S2/c22-17-4-1-3-15(11-17)12-18-13-24-21(30-18)25-20(27)16-6-9-26(10-7-16)31(28,29)19-5-2-8-23-14-19/h1-5,8,11,13-14,16H,6-7,9-10,12H2,(H,24,25,27). The van der Waals surface area contributed by atoms with Crippen LogP contribution in [0, 0.1) is 11.7 Å². The lowest BCUT2D eigenvalue weighted by Crippen LogP contribution is -2.41. The van der Waals surface area contributed by atoms with Crippen molar-refractivity contribution in [3.05, 3.63) is 71.2 Å². The monoisotopic (exact) mass is 460 g/mol. The minimum atomic E-state index is -3.60. The summed E-state index contributed by atoms with van der Waals surface area (Å²) in [6.45, 7) is 0.552. The van der Waals surface area contributed by atoms with Crippen LogP contribution >= 0.6 is 11.3 Å². The molecule has 2 aromatic heterocycles. The first-order valence-electron chi connectivity index (χ1n) is 9.82. The highest BCUT2D eigenvalue weighted by Gasteiger charge is 2.32. The summed E-state index contributed by atoms with van der Waals surface area (Å²) in [4.78, 5) is 21.8. The number of amides is 1. The van der Waals surface area contributed by atoms with Crippen molar-refractivity contribution in [2.75, 3.05) is 18.4 Å². The first kappa shape index (κ1) is 21.5. The number of sulfonamides is 1. The third-order valence-electron chi connectivity index (χ3n) is 5.15. The number of anilines is 1. The SMILES string of the molecule is O=C(Nc1ncc(Cc2cccc(F)c2)s1)C1CCN(S(=O)(=O)c2cccnc2)CC1. The average Bonchev–Trinajstić information content (AvgIpc) is 3.21. The predicted molar refractivity (Wildman–Crippen MR) is 116 cm³/mol. The maximum Gasteiger partial charge on any atom is 0.244 e. The molecule has 7 nitrogen and oxygen atoms in total. The lowest BCUT2D eigenvalue weighted by Gasteiger charge is -2.30. The summed E-state index contributed by atoms with van der Waals surface area (Å²) in [7, 11) is -3.60. The van der Waals surface area contributed by atoms with E-state index < -0.39 is 10.0 Å². The molecule has 1 fully saturated rings. The van der Waals surface area contributed by atoms with Crippen LogP contribution in [0.25, 0.3) is 0 Å². The highest BCUT2D eigenvalue weighted by molar-refractivity contribution is 7.89. The van der Waals surface area contributed by atoms with Gasteiger partial charge in [0.2, 0.25) is 15.9 Å². The number of piperidine rings is 1. The molecule has 0 spiro atoms. The molecule has 10 heteroatoms. The van der Waals surface area contributed by atoms with E-state index >= 15 is 0 Å². The molecule has 1 saturated heterocycles. The molecule has 3 aromatic rings. The largest absolute Gasteiger partial charge is 0.302 e. The summed E-state index contributed by atoms with van der Waals surface area (Å²) in [6, 6.07) is 9.48. The van der Waals surface area contributed by atoms with E-state index in [1.807, 2.05) is 6.07 Å². The maximum absolute atomic E-state index is 13.3. The molecule has 1 N–H and O–H groups in total. The van der Waals surface area contributed by atoms with Crippen LogP contribution in [0.15, 0.2) is 59.9 Å². The highest BCUT2D eigenvalue weighted by Crippen LogP contribution is 2.26. The van der Waals surface area contributed by atoms with E-state index in [-0.39, 0.29) is 35.6 Å². The molecule has 0 bridgehead atoms. The second-order valence-electron chi connectivity index (χ2n) is 7.29. The number of hydrogen-bond acceptors (Lipinski definition) is 6. The van der Waals surface area contributed by atoms with Crippen LogP contribution in [-0.4, -0.2) is 41.7 Å². The van der Waals surface area contributed by atoms with Crippen molar-refractivity contribution in [2.24, 2.45) is 5.92 Å². The van der Waals surface area contributed by atoms with E-state index in [2.05, 4.69) is 15.3 Å². The molecular formula is C21H21FN4O3S2. The summed E-state index contributed by atoms with van der Waals surface area (Å²) in [5.41, 5.74) is 0.837. The minimum absolute atomic E-state index is 0.159. The van der Waals surface area contributed by atoms with E-state index in [4.69, 9.17) is 0 Å². The summed E-state index contributed by atoms with van der Waals surface area (Å²) < 4.78 is 40.1. The van der Waals surface area contributed by atoms with Gasteiger partial charge in [0.05, 0.1) is 0 Å². The topological polar surface area (TPSA) is 92.3 Å². The van der Waals surface area contributed by atoms with Crippen LogP contribution in [0.4, 0.5) is 9.52 Å². The molecule has 162 valence electrons. The van der Waals surface area contributed by atoms with Gasteiger partial charge in [-0.15, -0.1) is 11.3 Å². The lowest BCUT2D eigenvalue weighted by molar-refractivity contribution is -0.120. The van der Waals surface area contributed by atoms with Gasteiger partial charge >= 0.3 is 0 Å². The van der Waals surface area contributed by atoms with Crippen LogP contribution in [0.5, 0.6) is 0 Å². The van der Waals surface area contributed by atoms with Gasteiger partial charge in [-0.25, -0.2) is 17.8 Å². The van der Waals surface area contributed by atoms with E-state index in [1.54, 1.807) is 18.3 Å². The summed E-state index contributed by atoms with van der Waals surface area (Å²) in [6.07, 6.45) is 5.94. The van der Waals surface area contributed by atoms with Crippen LogP contribution in [0.2, 0.25) is 0 Å². The Balaban J connectivity index is 1.32. The first-order chi connectivity index (χ1) is 14.9. The number of nitrogens with zero attached hydrogens (tertiary/aromatic N) is 3. The number of aromatic nitrogens is 2. The Labute approximate surface area is 184 Å². The van der Waals surface area contributed by atoms with Gasteiger partial charge in [-0.05, 0) is 42.7 Å². The Kier molecular flexibility index (Phi) is 6.40. The van der Waals surface area contributed by atoms with Crippen molar-refractivity contribution in [1.82, 2.24) is 14.3 Å². The normalized spacial score (nSPS) is 15.6. The number of rotatable bonds is 6. The van der Waals surface area contributed by atoms with Crippen LogP contribution in [-0.2, 0) is 21.2 Å². The molecule has 4 rings (SSSR count). The zero-order valence-corrected chi connectivity index (χ0v) is 18.2. The van der Waals surface area contributed by atoms with Gasteiger partial charge in [-0.3, -0.25) is 9.78 Å². The zero-order valence-electron chi connectivity index (χ0n) is 16.6. The van der Waals surface area contributed by atoms with Gasteiger partial charge in [0.1, 0.15) is 10.7 Å². The molecule has 0 aliphatic carbocycles. The van der Waals surface area contributed by atoms with E-state index in [1.165, 1.54) is 46.2 Å². The molecule has 1 aliphatic heterocycles. The molecule has 0 saturated carbocycles. The Morgan fingerprint density at radius 2 is 2.00 bits per heavy atom. The number of halogens is 1. The van der Waals surface area contributed by atoms with E-state index in [0.29, 0.717) is 24.4 Å². The first-order valence-corrected chi connectivity index (χ1v) is 12.1. The van der Waals surface area contributed by atoms with Gasteiger partial charge < -0.3 is 5.32 Å². The van der Waals surface area contributed by atoms with Crippen molar-refractivity contribution >= 4 is 32.4 Å². The van der Waals surface area contributed by atoms with Gasteiger partial charge in [0, 0.05) is 48.9 Å². The summed E-state index contributed by atoms with van der Waals surface area (Å²) >= 11 is 1.35. The molecule has 0 unspecified atom stereocenters. The van der Waals surface area contributed by atoms with Crippen LogP contribution in [0.3, 0.4) is 0 Å². The smallest absolute Gasteiger partial charge is 0.244 e. The lowest BCUT2D eigenvalue weighted by atomic mass is 9.97. The van der Waals surface area contributed by atoms with Crippen molar-refractivity contribution in [3.8, 4) is 0 Å². The number of carbonyl (C=O) groups excluding carboxylic acids is 1. The second-order valence-corrected chi connectivity index (χ2v) is 10.3. The van der Waals surface area contributed by atoms with E-state index in [0.717, 1.165) is 10.4 Å². The molecule has 1 aromatic carbocycles. The van der Waals surface area contributed by atoms with Gasteiger partial charge in [0.15, 0.2) is 5.13 Å². The fourth-order valence-electron chi connectivity index (χ4n) is 3.51. The summed E-state index contributed by atoms with van der Waals surface area (Å²) in [5.74, 6) is -0.728. The Bertz CT molecular complexity index is 1160. The Morgan fingerprint density at radius 1 is 1.19 bits per heavy atom. The quantitative estimate of drug-likeness (QED) is 0.609. The van der Waals surface area contributed by atoms with Crippen molar-refractivity contribution < 1.29 is 17.6 Å². The van der Waals surface area contributed by atoms with Crippen molar-refractivity contribution in [2.45, 2.75) is 24.2 Å². The molecule has 31 heavy (non-hydrogen) atoms. The van der Waals surface area contributed by atoms with Crippen LogP contribution < -0.4 is 5.32 Å². The molecular weight excluding hydrogens is 439 g/mol. The third kappa shape index (κ3) is 5.15. The van der Waals surface area contributed by atoms with E-state index in [9.17, 15) is 17.6 Å². The molecule has 0 atom stereocenters. The number of hydrogen-bond donors (Lipinski definition) is 1. The number of nitrogens with one attached hydrogen (secondary N) is 1. The fourth-order valence-corrected chi connectivity index (χ4v) is 5.79. The predicted octanol–water partition coefficient (Wildman–Crippen LogP) is 3.31. The van der Waals surface area contributed by atoms with Crippen LogP contribution in [0.1, 0.15) is 23.3 Å². The number of benzene rings is 1. The molecule has 3 heterocycles. The fraction of sp³-hybridized carbons (Fsp3) is 0.286. The minimum Gasteiger partial charge on any atom is -0.302 e. The Hall–Kier alpha value is -2.69. The van der Waals surface area contributed by atoms with Crippen molar-refractivity contribution in [3.63, 3.8) is 0 Å². The highest BCUT2D eigenvalue weighted by atomic mass is 32.2. The average molecular weight is 461 g/mol.